The van der Waals surface area contributed by atoms with Crippen molar-refractivity contribution in [2.45, 2.75) is 65.5 Å². The number of nitrogens with zero attached hydrogens (tertiary/aromatic N) is 2. The number of fused-ring (bicyclic) bond motifs is 1. The molecule has 2 heterocycles. The van der Waals surface area contributed by atoms with Crippen LogP contribution < -0.4 is 10.2 Å². The van der Waals surface area contributed by atoms with Crippen molar-refractivity contribution in [1.29, 1.82) is 0 Å². The van der Waals surface area contributed by atoms with E-state index in [4.69, 9.17) is 0 Å². The van der Waals surface area contributed by atoms with Crippen molar-refractivity contribution < 1.29 is 18.8 Å². The number of benzene rings is 2. The maximum Gasteiger partial charge on any atom is 0.294 e. The molecule has 36 heavy (non-hydrogen) atoms. The van der Waals surface area contributed by atoms with E-state index in [9.17, 15) is 18.8 Å². The lowest BCUT2D eigenvalue weighted by Crippen LogP contribution is -2.51. The van der Waals surface area contributed by atoms with Crippen LogP contribution in [0, 0.1) is 12.7 Å². The van der Waals surface area contributed by atoms with Crippen LogP contribution in [0.3, 0.4) is 0 Å². The molecule has 1 fully saturated rings. The number of amides is 3. The normalized spacial score (nSPS) is 20.3. The average Bonchev–Trinajstić information content (AvgIpc) is 3.03. The number of nitrogens with one attached hydrogen (secondary N) is 1. The fraction of sp³-hybridized carbons (Fsp3) is 0.393. The monoisotopic (exact) mass is 509 g/mol. The maximum absolute atomic E-state index is 13.1. The van der Waals surface area contributed by atoms with Crippen molar-refractivity contribution in [2.75, 3.05) is 16.8 Å². The lowest BCUT2D eigenvalue weighted by atomic mass is 9.78. The molecule has 0 bridgehead atoms. The molecule has 0 aliphatic carbocycles. The Morgan fingerprint density at radius 1 is 1.22 bits per heavy atom. The predicted molar refractivity (Wildman–Crippen MR) is 144 cm³/mol. The fourth-order valence-corrected chi connectivity index (χ4v) is 6.23. The van der Waals surface area contributed by atoms with Crippen LogP contribution >= 0.6 is 11.8 Å². The van der Waals surface area contributed by atoms with E-state index in [-0.39, 0.29) is 5.54 Å². The van der Waals surface area contributed by atoms with E-state index in [2.05, 4.69) is 57.0 Å². The van der Waals surface area contributed by atoms with E-state index in [0.29, 0.717) is 22.6 Å². The molecule has 4 rings (SSSR count). The predicted octanol–water partition coefficient (Wildman–Crippen LogP) is 6.31. The Hall–Kier alpha value is -3.13. The molecule has 3 amide bonds. The van der Waals surface area contributed by atoms with E-state index < -0.39 is 29.4 Å². The molecule has 0 aromatic heterocycles. The molecule has 2 aromatic carbocycles. The molecular weight excluding hydrogens is 477 g/mol. The second kappa shape index (κ2) is 9.73. The third kappa shape index (κ3) is 5.05. The van der Waals surface area contributed by atoms with Crippen LogP contribution in [-0.2, 0) is 9.59 Å². The van der Waals surface area contributed by atoms with Gasteiger partial charge in [0.2, 0.25) is 5.91 Å². The molecule has 1 saturated heterocycles. The highest BCUT2D eigenvalue weighted by Gasteiger charge is 2.39. The van der Waals surface area contributed by atoms with E-state index in [1.807, 2.05) is 6.92 Å². The summed E-state index contributed by atoms with van der Waals surface area (Å²) in [5, 5.41) is 2.10. The van der Waals surface area contributed by atoms with E-state index in [1.54, 1.807) is 6.08 Å². The number of imide groups is 1. The summed E-state index contributed by atoms with van der Waals surface area (Å²) in [7, 11) is 0. The van der Waals surface area contributed by atoms with Gasteiger partial charge in [-0.25, -0.2) is 4.39 Å². The first-order valence-electron chi connectivity index (χ1n) is 12.1. The van der Waals surface area contributed by atoms with Crippen LogP contribution in [0.15, 0.2) is 41.3 Å². The molecule has 1 N–H and O–H groups in total. The van der Waals surface area contributed by atoms with Gasteiger partial charge in [-0.2, -0.15) is 0 Å². The van der Waals surface area contributed by atoms with Gasteiger partial charge in [0.05, 0.1) is 4.91 Å². The summed E-state index contributed by atoms with van der Waals surface area (Å²) in [5.74, 6) is -1.09. The van der Waals surface area contributed by atoms with Crippen molar-refractivity contribution in [3.8, 4) is 0 Å². The van der Waals surface area contributed by atoms with Gasteiger partial charge in [-0.05, 0) is 118 Å². The molecule has 1 atom stereocenters. The minimum absolute atomic E-state index is 0.0334. The van der Waals surface area contributed by atoms with Crippen LogP contribution in [0.25, 0.3) is 6.08 Å². The molecule has 0 spiro atoms. The van der Waals surface area contributed by atoms with Crippen LogP contribution in [0.1, 0.15) is 63.6 Å². The standard InChI is InChI=1S/C28H32FN3O3S/c1-16(2)32-23-11-17(3)19(12-22(23)18(4)14-28(32,5)6)13-24-26(34)31(27(35)36-24)15-25(33)30-21-9-7-20(29)8-10-21/h7-13,16,18H,14-15H2,1-6H3,(H,30,33)/b24-13-/t18-/m0/s1. The highest BCUT2D eigenvalue weighted by molar-refractivity contribution is 8.18. The quantitative estimate of drug-likeness (QED) is 0.479. The zero-order valence-electron chi connectivity index (χ0n) is 21.5. The number of anilines is 2. The summed E-state index contributed by atoms with van der Waals surface area (Å²) in [6.07, 6.45) is 2.77. The van der Waals surface area contributed by atoms with Crippen molar-refractivity contribution in [1.82, 2.24) is 4.90 Å². The Balaban J connectivity index is 1.56. The molecule has 0 unspecified atom stereocenters. The number of carbonyl (C=O) groups excluding carboxylic acids is 3. The van der Waals surface area contributed by atoms with Gasteiger partial charge in [0.25, 0.3) is 11.1 Å². The number of rotatable bonds is 5. The van der Waals surface area contributed by atoms with E-state index >= 15 is 0 Å². The lowest BCUT2D eigenvalue weighted by molar-refractivity contribution is -0.127. The molecule has 2 aliphatic rings. The van der Waals surface area contributed by atoms with Gasteiger partial charge < -0.3 is 10.2 Å². The smallest absolute Gasteiger partial charge is 0.294 e. The van der Waals surface area contributed by atoms with Gasteiger partial charge in [0, 0.05) is 23.0 Å². The van der Waals surface area contributed by atoms with Gasteiger partial charge in [-0.3, -0.25) is 19.3 Å². The summed E-state index contributed by atoms with van der Waals surface area (Å²) < 4.78 is 13.1. The summed E-state index contributed by atoms with van der Waals surface area (Å²) >= 11 is 0.838. The average molecular weight is 510 g/mol. The minimum atomic E-state index is -0.527. The minimum Gasteiger partial charge on any atom is -0.364 e. The summed E-state index contributed by atoms with van der Waals surface area (Å²) in [6.45, 7) is 12.8. The highest BCUT2D eigenvalue weighted by Crippen LogP contribution is 2.46. The molecule has 8 heteroatoms. The number of halogens is 1. The SMILES string of the molecule is Cc1cc2c(cc1/C=C1\SC(=O)N(CC(=O)Nc3ccc(F)cc3)C1=O)[C@@H](C)CC(C)(C)N2C(C)C. The van der Waals surface area contributed by atoms with Crippen LogP contribution in [0.4, 0.5) is 20.6 Å². The summed E-state index contributed by atoms with van der Waals surface area (Å²) in [6, 6.07) is 9.94. The van der Waals surface area contributed by atoms with Gasteiger partial charge in [0.15, 0.2) is 0 Å². The van der Waals surface area contributed by atoms with Gasteiger partial charge in [-0.1, -0.05) is 6.92 Å². The van der Waals surface area contributed by atoms with Crippen molar-refractivity contribution in [3.63, 3.8) is 0 Å². The van der Waals surface area contributed by atoms with Crippen LogP contribution in [0.2, 0.25) is 0 Å². The maximum atomic E-state index is 13.1. The lowest BCUT2D eigenvalue weighted by Gasteiger charge is -2.50. The van der Waals surface area contributed by atoms with Crippen molar-refractivity contribution in [3.05, 3.63) is 63.8 Å². The molecule has 0 radical (unpaired) electrons. The number of aryl methyl sites for hydroxylation is 1. The van der Waals surface area contributed by atoms with Crippen molar-refractivity contribution in [2.24, 2.45) is 0 Å². The van der Waals surface area contributed by atoms with E-state index in [0.717, 1.165) is 34.2 Å². The Morgan fingerprint density at radius 3 is 2.53 bits per heavy atom. The molecule has 2 aliphatic heterocycles. The summed E-state index contributed by atoms with van der Waals surface area (Å²) in [4.78, 5) is 41.7. The van der Waals surface area contributed by atoms with Crippen LogP contribution in [0.5, 0.6) is 0 Å². The first-order chi connectivity index (χ1) is 16.9. The Bertz CT molecular complexity index is 1250. The largest absolute Gasteiger partial charge is 0.364 e. The molecule has 6 nitrogen and oxygen atoms in total. The van der Waals surface area contributed by atoms with Gasteiger partial charge in [-0.15, -0.1) is 0 Å². The van der Waals surface area contributed by atoms with Gasteiger partial charge in [0.1, 0.15) is 12.4 Å². The van der Waals surface area contributed by atoms with Crippen molar-refractivity contribution >= 4 is 46.3 Å². The second-order valence-electron chi connectivity index (χ2n) is 10.5. The fourth-order valence-electron chi connectivity index (χ4n) is 5.40. The van der Waals surface area contributed by atoms with E-state index in [1.165, 1.54) is 35.5 Å². The Labute approximate surface area is 215 Å². The number of carbonyl (C=O) groups is 3. The first-order valence-corrected chi connectivity index (χ1v) is 12.9. The topological polar surface area (TPSA) is 69.7 Å². The number of thioether (sulfide) groups is 1. The Morgan fingerprint density at radius 2 is 1.89 bits per heavy atom. The number of hydrogen-bond acceptors (Lipinski definition) is 5. The molecule has 0 saturated carbocycles. The third-order valence-electron chi connectivity index (χ3n) is 6.77. The highest BCUT2D eigenvalue weighted by atomic mass is 32.2. The Kier molecular flexibility index (Phi) is 7.01. The molecule has 2 aromatic rings. The summed E-state index contributed by atoms with van der Waals surface area (Å²) in [5.41, 5.74) is 4.79. The number of hydrogen-bond donors (Lipinski definition) is 1. The van der Waals surface area contributed by atoms with Gasteiger partial charge >= 0.3 is 0 Å². The first kappa shape index (κ1) is 25.9. The zero-order chi connectivity index (χ0) is 26.4. The second-order valence-corrected chi connectivity index (χ2v) is 11.5. The van der Waals surface area contributed by atoms with Crippen LogP contribution in [-0.4, -0.2) is 40.1 Å². The molecular formula is C28H32FN3O3S. The zero-order valence-corrected chi connectivity index (χ0v) is 22.3. The third-order valence-corrected chi connectivity index (χ3v) is 7.68. The molecule has 190 valence electrons.